The molecule has 212 valence electrons. The molecule has 1 unspecified atom stereocenters. The minimum atomic E-state index is -1.08. The molecule has 0 spiro atoms. The van der Waals surface area contributed by atoms with Crippen molar-refractivity contribution in [2.45, 2.75) is 94.8 Å². The largest absolute Gasteiger partial charge is 0.408 e. The van der Waals surface area contributed by atoms with Gasteiger partial charge in [0.2, 0.25) is 11.7 Å². The lowest BCUT2D eigenvalue weighted by molar-refractivity contribution is -0.129. The molecule has 1 aliphatic carbocycles. The minimum Gasteiger partial charge on any atom is -0.408 e. The van der Waals surface area contributed by atoms with Crippen molar-refractivity contribution in [2.75, 3.05) is 14.1 Å². The summed E-state index contributed by atoms with van der Waals surface area (Å²) >= 11 is 1.38. The molecule has 9 nitrogen and oxygen atoms in total. The molecule has 1 aromatic carbocycles. The second-order valence-corrected chi connectivity index (χ2v) is 12.6. The van der Waals surface area contributed by atoms with Gasteiger partial charge >= 0.3 is 0 Å². The first kappa shape index (κ1) is 29.8. The Labute approximate surface area is 232 Å². The lowest BCUT2D eigenvalue weighted by Crippen LogP contribution is -2.62. The van der Waals surface area contributed by atoms with Gasteiger partial charge in [0.25, 0.3) is 17.0 Å². The highest BCUT2D eigenvalue weighted by molar-refractivity contribution is 7.99. The van der Waals surface area contributed by atoms with Gasteiger partial charge in [0, 0.05) is 20.2 Å². The summed E-state index contributed by atoms with van der Waals surface area (Å²) in [7, 11) is 3.98. The van der Waals surface area contributed by atoms with Crippen molar-refractivity contribution in [3.8, 4) is 0 Å². The molecule has 2 aromatic rings. The van der Waals surface area contributed by atoms with Crippen molar-refractivity contribution in [2.24, 2.45) is 5.92 Å². The zero-order valence-electron chi connectivity index (χ0n) is 23.4. The summed E-state index contributed by atoms with van der Waals surface area (Å²) < 4.78 is 5.59. The maximum absolute atomic E-state index is 13.8. The van der Waals surface area contributed by atoms with E-state index in [0.29, 0.717) is 30.0 Å². The van der Waals surface area contributed by atoms with Gasteiger partial charge in [-0.15, -0.1) is 10.2 Å². The van der Waals surface area contributed by atoms with Gasteiger partial charge in [0.15, 0.2) is 0 Å². The smallest absolute Gasteiger partial charge is 0.286 e. The fraction of sp³-hybridized carbons (Fsp3) is 0.607. The first-order valence-corrected chi connectivity index (χ1v) is 14.3. The van der Waals surface area contributed by atoms with Gasteiger partial charge < -0.3 is 20.0 Å². The maximum atomic E-state index is 13.8. The van der Waals surface area contributed by atoms with Crippen LogP contribution in [-0.4, -0.2) is 63.6 Å². The molecule has 1 aromatic heterocycles. The molecule has 1 fully saturated rings. The first-order valence-electron chi connectivity index (χ1n) is 13.4. The van der Waals surface area contributed by atoms with Crippen LogP contribution in [0.2, 0.25) is 0 Å². The number of aromatic nitrogens is 2. The fourth-order valence-electron chi connectivity index (χ4n) is 4.69. The quantitative estimate of drug-likeness (QED) is 0.283. The second kappa shape index (κ2) is 13.4. The van der Waals surface area contributed by atoms with E-state index in [1.807, 2.05) is 53.9 Å². The number of hydrogen-bond acceptors (Lipinski definition) is 8. The molecule has 38 heavy (non-hydrogen) atoms. The zero-order chi connectivity index (χ0) is 27.9. The van der Waals surface area contributed by atoms with E-state index in [1.165, 1.54) is 11.8 Å². The van der Waals surface area contributed by atoms with E-state index in [9.17, 15) is 14.4 Å². The number of Topliss-reactive ketones (excluding diaryl/α,β-unsaturated/α-hetero) is 1. The predicted molar refractivity (Wildman–Crippen MR) is 152 cm³/mol. The van der Waals surface area contributed by atoms with Crippen LogP contribution >= 0.6 is 11.8 Å². The SMILES string of the molecule is CC(C)CC(NC(=O)C1(NC(=O)c2ccc(CN(C)C)cc2)CCCCC1)C(=O)c1nnc(SC(C)C)o1.[HH].[HH]. The highest BCUT2D eigenvalue weighted by Gasteiger charge is 2.43. The number of hydrogen-bond donors (Lipinski definition) is 2. The minimum absolute atomic E-state index is 0. The number of ketones is 1. The van der Waals surface area contributed by atoms with Crippen LogP contribution < -0.4 is 10.6 Å². The fourth-order valence-corrected chi connectivity index (χ4v) is 5.31. The number of amides is 2. The number of carbonyl (C=O) groups is 3. The van der Waals surface area contributed by atoms with Crippen molar-refractivity contribution in [3.63, 3.8) is 0 Å². The molecule has 1 aliphatic rings. The van der Waals surface area contributed by atoms with Crippen molar-refractivity contribution < 1.29 is 21.7 Å². The van der Waals surface area contributed by atoms with Crippen LogP contribution in [0, 0.1) is 5.92 Å². The summed E-state index contributed by atoms with van der Waals surface area (Å²) in [4.78, 5) is 42.5. The van der Waals surface area contributed by atoms with Crippen molar-refractivity contribution in [1.82, 2.24) is 25.7 Å². The Balaban J connectivity index is 0.00000400. The third-order valence-corrected chi connectivity index (χ3v) is 7.33. The molecule has 2 amide bonds. The molecule has 1 heterocycles. The standard InChI is InChI=1S/C28H41N5O4S.2H2/c1-18(2)16-22(23(34)25-31-32-27(37-25)38-19(3)4)29-26(36)28(14-8-7-9-15-28)30-24(35)21-12-10-20(11-13-21)17-33(5)6;;/h10-13,18-19,22H,7-9,14-17H2,1-6H3,(H,29,36)(H,30,35);2*1H. The van der Waals surface area contributed by atoms with Crippen molar-refractivity contribution >= 4 is 29.4 Å². The van der Waals surface area contributed by atoms with Gasteiger partial charge in [-0.25, -0.2) is 0 Å². The summed E-state index contributed by atoms with van der Waals surface area (Å²) in [6, 6.07) is 6.60. The number of nitrogens with zero attached hydrogens (tertiary/aromatic N) is 3. The topological polar surface area (TPSA) is 117 Å². The second-order valence-electron chi connectivity index (χ2n) is 11.1. The van der Waals surface area contributed by atoms with E-state index < -0.39 is 17.4 Å². The number of thioether (sulfide) groups is 1. The van der Waals surface area contributed by atoms with Crippen LogP contribution in [0.5, 0.6) is 0 Å². The normalized spacial score (nSPS) is 16.0. The number of nitrogens with one attached hydrogen (secondary N) is 2. The molecule has 2 N–H and O–H groups in total. The summed E-state index contributed by atoms with van der Waals surface area (Å²) in [6.45, 7) is 8.73. The first-order chi connectivity index (χ1) is 18.0. The zero-order valence-corrected chi connectivity index (χ0v) is 24.2. The average molecular weight is 548 g/mol. The monoisotopic (exact) mass is 547 g/mol. The van der Waals surface area contributed by atoms with Crippen LogP contribution in [0.1, 0.15) is 95.7 Å². The van der Waals surface area contributed by atoms with Gasteiger partial charge in [-0.3, -0.25) is 14.4 Å². The molecule has 0 bridgehead atoms. The molecular formula is C28H45N5O4S. The molecular weight excluding hydrogens is 502 g/mol. The highest BCUT2D eigenvalue weighted by Crippen LogP contribution is 2.30. The average Bonchev–Trinajstić information content (AvgIpc) is 3.31. The van der Waals surface area contributed by atoms with Gasteiger partial charge in [-0.05, 0) is 57.0 Å². The number of benzene rings is 1. The lowest BCUT2D eigenvalue weighted by atomic mass is 9.80. The van der Waals surface area contributed by atoms with E-state index in [-0.39, 0.29) is 31.7 Å². The Morgan fingerprint density at radius 2 is 1.71 bits per heavy atom. The van der Waals surface area contributed by atoms with E-state index in [2.05, 4.69) is 25.7 Å². The van der Waals surface area contributed by atoms with Gasteiger partial charge in [0.1, 0.15) is 5.54 Å². The molecule has 1 atom stereocenters. The third-order valence-electron chi connectivity index (χ3n) is 6.49. The Kier molecular flexibility index (Phi) is 10.5. The summed E-state index contributed by atoms with van der Waals surface area (Å²) in [5, 5.41) is 14.5. The maximum Gasteiger partial charge on any atom is 0.286 e. The highest BCUT2D eigenvalue weighted by atomic mass is 32.2. The molecule has 10 heteroatoms. The molecule has 0 aliphatic heterocycles. The molecule has 0 saturated heterocycles. The van der Waals surface area contributed by atoms with Gasteiger partial charge in [0.05, 0.1) is 6.04 Å². The molecule has 1 saturated carbocycles. The van der Waals surface area contributed by atoms with E-state index >= 15 is 0 Å². The predicted octanol–water partition coefficient (Wildman–Crippen LogP) is 4.97. The number of rotatable bonds is 12. The van der Waals surface area contributed by atoms with Gasteiger partial charge in [-0.2, -0.15) is 0 Å². The van der Waals surface area contributed by atoms with Crippen LogP contribution in [0.4, 0.5) is 0 Å². The van der Waals surface area contributed by atoms with Crippen LogP contribution in [0.3, 0.4) is 0 Å². The van der Waals surface area contributed by atoms with Crippen LogP contribution in [0.15, 0.2) is 33.9 Å². The molecule has 0 radical (unpaired) electrons. The third kappa shape index (κ3) is 8.14. The summed E-state index contributed by atoms with van der Waals surface area (Å²) in [5.41, 5.74) is 0.518. The van der Waals surface area contributed by atoms with Crippen LogP contribution in [-0.2, 0) is 11.3 Å². The Morgan fingerprint density at radius 1 is 1.05 bits per heavy atom. The Bertz CT molecular complexity index is 1100. The summed E-state index contributed by atoms with van der Waals surface area (Å²) in [5.74, 6) is -1.03. The molecule has 3 rings (SSSR count). The van der Waals surface area contributed by atoms with E-state index in [1.54, 1.807) is 12.1 Å². The Hall–Kier alpha value is -2.72. The van der Waals surface area contributed by atoms with Crippen molar-refractivity contribution in [1.29, 1.82) is 0 Å². The lowest BCUT2D eigenvalue weighted by Gasteiger charge is -2.37. The summed E-state index contributed by atoms with van der Waals surface area (Å²) in [6.07, 6.45) is 4.08. The van der Waals surface area contributed by atoms with Crippen molar-refractivity contribution in [3.05, 3.63) is 41.3 Å². The van der Waals surface area contributed by atoms with Crippen LogP contribution in [0.25, 0.3) is 0 Å². The van der Waals surface area contributed by atoms with E-state index in [4.69, 9.17) is 4.42 Å². The Morgan fingerprint density at radius 3 is 2.29 bits per heavy atom. The van der Waals surface area contributed by atoms with Gasteiger partial charge in [-0.1, -0.05) is 70.9 Å². The van der Waals surface area contributed by atoms with E-state index in [0.717, 1.165) is 31.4 Å². The number of carbonyl (C=O) groups excluding carboxylic acids is 3.